The van der Waals surface area contributed by atoms with E-state index in [1.165, 1.54) is 57.7 Å². The Kier molecular flexibility index (Phi) is 6.23. The van der Waals surface area contributed by atoms with Crippen molar-refractivity contribution in [1.29, 1.82) is 0 Å². The maximum atomic E-state index is 13.9. The van der Waals surface area contributed by atoms with Crippen LogP contribution in [0.3, 0.4) is 0 Å². The molecule has 0 saturated heterocycles. The van der Waals surface area contributed by atoms with Crippen LogP contribution in [0.4, 0.5) is 4.39 Å². The van der Waals surface area contributed by atoms with E-state index in [1.54, 1.807) is 25.1 Å². The van der Waals surface area contributed by atoms with Crippen LogP contribution in [0.5, 0.6) is 28.7 Å². The lowest BCUT2D eigenvalue weighted by molar-refractivity contribution is 0.0728. The van der Waals surface area contributed by atoms with Gasteiger partial charge in [-0.1, -0.05) is 12.1 Å². The number of esters is 1. The molecule has 0 unspecified atom stereocenters. The van der Waals surface area contributed by atoms with Gasteiger partial charge in [0, 0.05) is 5.56 Å². The minimum Gasteiger partial charge on any atom is -0.493 e. The summed E-state index contributed by atoms with van der Waals surface area (Å²) in [6.07, 6.45) is 1.55. The van der Waals surface area contributed by atoms with Crippen molar-refractivity contribution >= 4 is 17.8 Å². The van der Waals surface area contributed by atoms with Gasteiger partial charge in [0.15, 0.2) is 17.3 Å². The van der Waals surface area contributed by atoms with Crippen molar-refractivity contribution in [3.63, 3.8) is 0 Å². The van der Waals surface area contributed by atoms with Gasteiger partial charge in [-0.15, -0.1) is 0 Å². The number of allylic oxidation sites excluding steroid dienone is 1. The molecule has 1 aliphatic rings. The predicted octanol–water partition coefficient (Wildman–Crippen LogP) is 5.00. The zero-order chi connectivity index (χ0) is 24.4. The summed E-state index contributed by atoms with van der Waals surface area (Å²) < 4.78 is 41.2. The second-order valence-electron chi connectivity index (χ2n) is 7.33. The Bertz CT molecular complexity index is 1300. The molecular formula is C26H21FO7. The molecule has 1 aliphatic heterocycles. The van der Waals surface area contributed by atoms with E-state index in [0.717, 1.165) is 0 Å². The fraction of sp³-hybridized carbons (Fsp3) is 0.154. The summed E-state index contributed by atoms with van der Waals surface area (Å²) in [6.45, 7) is 1.65. The van der Waals surface area contributed by atoms with Crippen molar-refractivity contribution in [2.24, 2.45) is 0 Å². The van der Waals surface area contributed by atoms with Crippen LogP contribution in [0.2, 0.25) is 0 Å². The zero-order valence-corrected chi connectivity index (χ0v) is 18.9. The molecule has 1 heterocycles. The summed E-state index contributed by atoms with van der Waals surface area (Å²) in [5, 5.41) is 0. The summed E-state index contributed by atoms with van der Waals surface area (Å²) in [5.41, 5.74) is 1.16. The molecule has 0 amide bonds. The molecule has 0 bridgehead atoms. The van der Waals surface area contributed by atoms with Gasteiger partial charge in [0.05, 0.1) is 32.5 Å². The first kappa shape index (κ1) is 22.8. The number of halogens is 1. The van der Waals surface area contributed by atoms with E-state index in [-0.39, 0.29) is 28.6 Å². The highest BCUT2D eigenvalue weighted by molar-refractivity contribution is 6.15. The summed E-state index contributed by atoms with van der Waals surface area (Å²) in [6, 6.07) is 11.9. The second-order valence-corrected chi connectivity index (χ2v) is 7.33. The molecule has 0 atom stereocenters. The Balaban J connectivity index is 1.65. The second kappa shape index (κ2) is 9.27. The van der Waals surface area contributed by atoms with E-state index in [2.05, 4.69) is 0 Å². The average Bonchev–Trinajstić information content (AvgIpc) is 3.16. The van der Waals surface area contributed by atoms with E-state index in [9.17, 15) is 14.0 Å². The number of benzene rings is 3. The number of ether oxygens (including phenoxy) is 5. The van der Waals surface area contributed by atoms with Gasteiger partial charge in [-0.3, -0.25) is 4.79 Å². The normalized spacial score (nSPS) is 13.3. The van der Waals surface area contributed by atoms with Crippen molar-refractivity contribution in [3.8, 4) is 28.7 Å². The van der Waals surface area contributed by atoms with Gasteiger partial charge in [-0.25, -0.2) is 9.18 Å². The van der Waals surface area contributed by atoms with Crippen molar-refractivity contribution < 1.29 is 37.7 Å². The van der Waals surface area contributed by atoms with Gasteiger partial charge in [-0.05, 0) is 55.0 Å². The van der Waals surface area contributed by atoms with Crippen molar-refractivity contribution in [2.75, 3.05) is 21.3 Å². The molecule has 0 saturated carbocycles. The molecule has 0 spiro atoms. The number of hydrogen-bond donors (Lipinski definition) is 0. The lowest BCUT2D eigenvalue weighted by Crippen LogP contribution is -2.11. The molecule has 4 rings (SSSR count). The number of carbonyl (C=O) groups is 2. The molecule has 3 aromatic rings. The molecule has 3 aromatic carbocycles. The van der Waals surface area contributed by atoms with Crippen LogP contribution in [0, 0.1) is 12.7 Å². The van der Waals surface area contributed by atoms with Crippen LogP contribution in [-0.4, -0.2) is 33.1 Å². The highest BCUT2D eigenvalue weighted by Gasteiger charge is 2.31. The lowest BCUT2D eigenvalue weighted by Gasteiger charge is -2.13. The SMILES string of the molecule is COc1cc(/C=C2\Oc3c(ccc(OC(=O)c4ccccc4F)c3C)C2=O)cc(OC)c1OC. The number of rotatable bonds is 6. The third-order valence-electron chi connectivity index (χ3n) is 5.32. The maximum Gasteiger partial charge on any atom is 0.346 e. The molecule has 0 fully saturated rings. The first-order chi connectivity index (χ1) is 16.4. The molecule has 0 radical (unpaired) electrons. The monoisotopic (exact) mass is 464 g/mol. The Hall–Kier alpha value is -4.33. The van der Waals surface area contributed by atoms with Gasteiger partial charge >= 0.3 is 5.97 Å². The molecular weight excluding hydrogens is 443 g/mol. The first-order valence-corrected chi connectivity index (χ1v) is 10.2. The Labute approximate surface area is 195 Å². The molecule has 0 aromatic heterocycles. The third kappa shape index (κ3) is 4.05. The zero-order valence-electron chi connectivity index (χ0n) is 18.9. The van der Waals surface area contributed by atoms with Crippen LogP contribution in [0.1, 0.15) is 31.8 Å². The fourth-order valence-electron chi connectivity index (χ4n) is 3.60. The lowest BCUT2D eigenvalue weighted by atomic mass is 10.1. The summed E-state index contributed by atoms with van der Waals surface area (Å²) in [7, 11) is 4.49. The van der Waals surface area contributed by atoms with Gasteiger partial charge in [0.2, 0.25) is 11.5 Å². The Morgan fingerprint density at radius 1 is 0.941 bits per heavy atom. The van der Waals surface area contributed by atoms with Gasteiger partial charge < -0.3 is 23.7 Å². The van der Waals surface area contributed by atoms with E-state index in [1.807, 2.05) is 0 Å². The smallest absolute Gasteiger partial charge is 0.346 e. The number of carbonyl (C=O) groups excluding carboxylic acids is 2. The molecule has 8 heteroatoms. The largest absolute Gasteiger partial charge is 0.493 e. The van der Waals surface area contributed by atoms with Crippen LogP contribution >= 0.6 is 0 Å². The van der Waals surface area contributed by atoms with Crippen molar-refractivity contribution in [3.05, 3.63) is 82.4 Å². The molecule has 0 N–H and O–H groups in total. The first-order valence-electron chi connectivity index (χ1n) is 10.2. The van der Waals surface area contributed by atoms with E-state index >= 15 is 0 Å². The average molecular weight is 464 g/mol. The van der Waals surface area contributed by atoms with Crippen LogP contribution in [0.15, 0.2) is 54.3 Å². The topological polar surface area (TPSA) is 80.3 Å². The molecule has 0 aliphatic carbocycles. The van der Waals surface area contributed by atoms with E-state index in [4.69, 9.17) is 23.7 Å². The van der Waals surface area contributed by atoms with Gasteiger partial charge in [0.1, 0.15) is 17.3 Å². The Morgan fingerprint density at radius 2 is 1.62 bits per heavy atom. The van der Waals surface area contributed by atoms with Gasteiger partial charge in [0.25, 0.3) is 0 Å². The third-order valence-corrected chi connectivity index (χ3v) is 5.32. The minimum atomic E-state index is -0.848. The molecule has 7 nitrogen and oxygen atoms in total. The highest BCUT2D eigenvalue weighted by Crippen LogP contribution is 2.42. The van der Waals surface area contributed by atoms with E-state index < -0.39 is 11.8 Å². The van der Waals surface area contributed by atoms with Crippen LogP contribution in [0.25, 0.3) is 6.08 Å². The quantitative estimate of drug-likeness (QED) is 0.289. The van der Waals surface area contributed by atoms with E-state index in [0.29, 0.717) is 33.9 Å². The van der Waals surface area contributed by atoms with Gasteiger partial charge in [-0.2, -0.15) is 0 Å². The number of ketones is 1. The Morgan fingerprint density at radius 3 is 2.24 bits per heavy atom. The standard InChI is InChI=1S/C26H21FO7/c1-14-19(34-26(29)16-7-5-6-8-18(16)27)10-9-17-23(28)20(33-24(14)17)11-15-12-21(30-2)25(32-4)22(13-15)31-3/h5-13H,1-4H3/b20-11-. The maximum absolute atomic E-state index is 13.9. The van der Waals surface area contributed by atoms with Crippen LogP contribution in [-0.2, 0) is 0 Å². The van der Waals surface area contributed by atoms with Crippen molar-refractivity contribution in [1.82, 2.24) is 0 Å². The fourth-order valence-corrected chi connectivity index (χ4v) is 3.60. The summed E-state index contributed by atoms with van der Waals surface area (Å²) >= 11 is 0. The molecule has 34 heavy (non-hydrogen) atoms. The summed E-state index contributed by atoms with van der Waals surface area (Å²) in [5.74, 6) is -0.0938. The number of Topliss-reactive ketones (excluding diaryl/α,β-unsaturated/α-hetero) is 1. The number of hydrogen-bond acceptors (Lipinski definition) is 7. The summed E-state index contributed by atoms with van der Waals surface area (Å²) in [4.78, 5) is 25.4. The van der Waals surface area contributed by atoms with Crippen molar-refractivity contribution in [2.45, 2.75) is 6.92 Å². The minimum absolute atomic E-state index is 0.0740. The predicted molar refractivity (Wildman–Crippen MR) is 122 cm³/mol. The number of fused-ring (bicyclic) bond motifs is 1. The molecule has 174 valence electrons. The number of methoxy groups -OCH3 is 3. The van der Waals surface area contributed by atoms with Crippen LogP contribution < -0.4 is 23.7 Å². The highest BCUT2D eigenvalue weighted by atomic mass is 19.1.